The van der Waals surface area contributed by atoms with Gasteiger partial charge in [0.05, 0.1) is 0 Å². The van der Waals surface area contributed by atoms with E-state index in [1.807, 2.05) is 18.2 Å². The molecule has 38 heavy (non-hydrogen) atoms. The number of fused-ring (bicyclic) bond motifs is 1. The van der Waals surface area contributed by atoms with Crippen molar-refractivity contribution in [3.05, 3.63) is 63.1 Å². The molecule has 1 aliphatic carbocycles. The molecule has 1 unspecified atom stereocenters. The maximum absolute atomic E-state index is 13.1. The number of piperazine rings is 1. The number of rotatable bonds is 9. The average molecular weight is 522 g/mol. The number of benzene rings is 1. The fourth-order valence-corrected chi connectivity index (χ4v) is 5.77. The second-order valence-corrected chi connectivity index (χ2v) is 10.9. The molecule has 9 nitrogen and oxygen atoms in total. The Bertz CT molecular complexity index is 1200. The zero-order valence-corrected chi connectivity index (χ0v) is 22.3. The molecule has 1 aromatic heterocycles. The summed E-state index contributed by atoms with van der Waals surface area (Å²) in [5.41, 5.74) is 3.32. The molecule has 0 saturated carbocycles. The molecule has 1 aromatic carbocycles. The third-order valence-electron chi connectivity index (χ3n) is 7.87. The number of aromatic nitrogens is 1. The van der Waals surface area contributed by atoms with Crippen LogP contribution in [0.2, 0.25) is 0 Å². The minimum absolute atomic E-state index is 0.150. The lowest BCUT2D eigenvalue weighted by molar-refractivity contribution is -0.119. The third-order valence-corrected chi connectivity index (χ3v) is 7.87. The number of nitrogens with zero attached hydrogens (tertiary/aromatic N) is 3. The molecule has 2 amide bonds. The van der Waals surface area contributed by atoms with Crippen LogP contribution in [0.4, 0.5) is 0 Å². The van der Waals surface area contributed by atoms with Gasteiger partial charge in [0.2, 0.25) is 5.91 Å². The molecular weight excluding hydrogens is 482 g/mol. The van der Waals surface area contributed by atoms with E-state index in [1.165, 1.54) is 5.56 Å². The van der Waals surface area contributed by atoms with Crippen LogP contribution in [0.5, 0.6) is 5.75 Å². The van der Waals surface area contributed by atoms with E-state index in [2.05, 4.69) is 39.3 Å². The summed E-state index contributed by atoms with van der Waals surface area (Å²) in [4.78, 5) is 46.3. The first-order valence-corrected chi connectivity index (χ1v) is 13.9. The molecule has 0 radical (unpaired) electrons. The molecule has 3 heterocycles. The maximum atomic E-state index is 13.1. The normalized spacial score (nSPS) is 19.9. The van der Waals surface area contributed by atoms with Crippen LogP contribution in [0.1, 0.15) is 52.9 Å². The highest BCUT2D eigenvalue weighted by molar-refractivity contribution is 5.94. The molecule has 2 aliphatic heterocycles. The summed E-state index contributed by atoms with van der Waals surface area (Å²) in [6.07, 6.45) is 5.55. The van der Waals surface area contributed by atoms with Crippen LogP contribution in [-0.4, -0.2) is 90.5 Å². The monoisotopic (exact) mass is 521 g/mol. The lowest BCUT2D eigenvalue weighted by Crippen LogP contribution is -2.50. The molecule has 9 heteroatoms. The molecule has 2 fully saturated rings. The van der Waals surface area contributed by atoms with Gasteiger partial charge >= 0.3 is 0 Å². The Labute approximate surface area is 224 Å². The van der Waals surface area contributed by atoms with Gasteiger partial charge in [0, 0.05) is 64.0 Å². The van der Waals surface area contributed by atoms with Crippen molar-refractivity contribution >= 4 is 11.8 Å². The van der Waals surface area contributed by atoms with E-state index in [9.17, 15) is 14.4 Å². The van der Waals surface area contributed by atoms with Crippen molar-refractivity contribution in [1.82, 2.24) is 25.0 Å². The van der Waals surface area contributed by atoms with E-state index in [1.54, 1.807) is 4.90 Å². The first kappa shape index (κ1) is 26.4. The van der Waals surface area contributed by atoms with Gasteiger partial charge in [-0.25, -0.2) is 0 Å². The van der Waals surface area contributed by atoms with Gasteiger partial charge in [-0.3, -0.25) is 19.3 Å². The summed E-state index contributed by atoms with van der Waals surface area (Å²) in [6, 6.07) is 10.2. The molecular formula is C29H39N5O4. The highest BCUT2D eigenvalue weighted by Crippen LogP contribution is 2.20. The van der Waals surface area contributed by atoms with Crippen molar-refractivity contribution < 1.29 is 14.3 Å². The van der Waals surface area contributed by atoms with Crippen molar-refractivity contribution in [3.8, 4) is 5.75 Å². The number of aromatic amines is 1. The number of carbonyl (C=O) groups is 2. The number of hydrogen-bond donors (Lipinski definition) is 2. The van der Waals surface area contributed by atoms with Crippen molar-refractivity contribution in [2.75, 3.05) is 52.9 Å². The van der Waals surface area contributed by atoms with Crippen LogP contribution in [0, 0.1) is 0 Å². The van der Waals surface area contributed by atoms with Gasteiger partial charge in [-0.2, -0.15) is 0 Å². The Morgan fingerprint density at radius 2 is 1.89 bits per heavy atom. The van der Waals surface area contributed by atoms with Gasteiger partial charge < -0.3 is 24.8 Å². The molecule has 0 bridgehead atoms. The summed E-state index contributed by atoms with van der Waals surface area (Å²) < 4.78 is 6.05. The predicted octanol–water partition coefficient (Wildman–Crippen LogP) is 1.80. The highest BCUT2D eigenvalue weighted by atomic mass is 16.5. The van der Waals surface area contributed by atoms with Crippen LogP contribution in [0.3, 0.4) is 0 Å². The largest absolute Gasteiger partial charge is 0.492 e. The van der Waals surface area contributed by atoms with Gasteiger partial charge in [-0.05, 0) is 68.5 Å². The maximum Gasteiger partial charge on any atom is 0.261 e. The Morgan fingerprint density at radius 1 is 1.08 bits per heavy atom. The number of carbonyl (C=O) groups excluding carboxylic acids is 2. The van der Waals surface area contributed by atoms with E-state index in [0.29, 0.717) is 26.1 Å². The van der Waals surface area contributed by atoms with Gasteiger partial charge in [-0.1, -0.05) is 12.1 Å². The molecule has 3 aliphatic rings. The third kappa shape index (κ3) is 6.63. The molecule has 2 saturated heterocycles. The van der Waals surface area contributed by atoms with Crippen molar-refractivity contribution in [3.63, 3.8) is 0 Å². The fraction of sp³-hybridized carbons (Fsp3) is 0.552. The number of ether oxygens (including phenoxy) is 1. The number of pyridine rings is 1. The van der Waals surface area contributed by atoms with Crippen molar-refractivity contribution in [1.29, 1.82) is 0 Å². The van der Waals surface area contributed by atoms with Gasteiger partial charge in [0.25, 0.3) is 11.5 Å². The Kier molecular flexibility index (Phi) is 8.44. The van der Waals surface area contributed by atoms with E-state index in [0.717, 1.165) is 81.8 Å². The molecule has 1 atom stereocenters. The number of H-pyrrole nitrogens is 1. The van der Waals surface area contributed by atoms with E-state index < -0.39 is 0 Å². The van der Waals surface area contributed by atoms with E-state index in [4.69, 9.17) is 4.74 Å². The molecule has 0 spiro atoms. The molecule has 2 N–H and O–H groups in total. The second kappa shape index (κ2) is 12.1. The van der Waals surface area contributed by atoms with Crippen LogP contribution in [0.15, 0.2) is 35.1 Å². The lowest BCUT2D eigenvalue weighted by atomic mass is 9.95. The summed E-state index contributed by atoms with van der Waals surface area (Å²) >= 11 is 0. The number of likely N-dealkylation sites (N-methyl/N-ethyl adjacent to an activating group) is 1. The fourth-order valence-electron chi connectivity index (χ4n) is 5.77. The topological polar surface area (TPSA) is 98.0 Å². The van der Waals surface area contributed by atoms with Crippen LogP contribution in [-0.2, 0) is 24.2 Å². The standard InChI is InChI=1S/C29H39N5O4/c1-32(20-23-9-10-27(35)30-23)19-21-5-4-7-24(17-21)38-16-15-33-11-13-34(14-12-33)29(37)25-18-22-6-2-3-8-26(22)31-28(25)36/h4-5,7,17-18,23H,2-3,6,8-16,19-20H2,1H3,(H,30,35)(H,31,36). The lowest BCUT2D eigenvalue weighted by Gasteiger charge is -2.34. The average Bonchev–Trinajstić information content (AvgIpc) is 3.32. The zero-order chi connectivity index (χ0) is 26.5. The summed E-state index contributed by atoms with van der Waals surface area (Å²) in [5, 5.41) is 3.02. The van der Waals surface area contributed by atoms with Gasteiger partial charge in [-0.15, -0.1) is 0 Å². The van der Waals surface area contributed by atoms with E-state index >= 15 is 0 Å². The van der Waals surface area contributed by atoms with Crippen LogP contribution in [0.25, 0.3) is 0 Å². The molecule has 5 rings (SSSR count). The smallest absolute Gasteiger partial charge is 0.261 e. The molecule has 2 aromatic rings. The van der Waals surface area contributed by atoms with Crippen LogP contribution < -0.4 is 15.6 Å². The SMILES string of the molecule is CN(Cc1cccc(OCCN2CCN(C(=O)c3cc4c([nH]c3=O)CCCC4)CC2)c1)CC1CCC(=O)N1. The van der Waals surface area contributed by atoms with E-state index in [-0.39, 0.29) is 29.0 Å². The Morgan fingerprint density at radius 3 is 2.68 bits per heavy atom. The number of nitrogens with one attached hydrogen (secondary N) is 2. The summed E-state index contributed by atoms with van der Waals surface area (Å²) in [6.45, 7) is 5.75. The Hall–Kier alpha value is -3.17. The zero-order valence-electron chi connectivity index (χ0n) is 22.3. The van der Waals surface area contributed by atoms with Gasteiger partial charge in [0.1, 0.15) is 17.9 Å². The quantitative estimate of drug-likeness (QED) is 0.522. The van der Waals surface area contributed by atoms with Gasteiger partial charge in [0.15, 0.2) is 0 Å². The van der Waals surface area contributed by atoms with Crippen molar-refractivity contribution in [2.24, 2.45) is 0 Å². The second-order valence-electron chi connectivity index (χ2n) is 10.9. The predicted molar refractivity (Wildman–Crippen MR) is 145 cm³/mol. The first-order chi connectivity index (χ1) is 18.4. The summed E-state index contributed by atoms with van der Waals surface area (Å²) in [7, 11) is 2.07. The first-order valence-electron chi connectivity index (χ1n) is 13.9. The number of hydrogen-bond acceptors (Lipinski definition) is 6. The van der Waals surface area contributed by atoms with Crippen molar-refractivity contribution in [2.45, 2.75) is 51.1 Å². The Balaban J connectivity index is 1.05. The summed E-state index contributed by atoms with van der Waals surface area (Å²) in [5.74, 6) is 0.842. The molecule has 204 valence electrons. The minimum Gasteiger partial charge on any atom is -0.492 e. The van der Waals surface area contributed by atoms with Crippen LogP contribution >= 0.6 is 0 Å². The number of amides is 2. The number of aryl methyl sites for hydroxylation is 2. The minimum atomic E-state index is -0.259. The highest BCUT2D eigenvalue weighted by Gasteiger charge is 2.25.